The molecule has 0 saturated carbocycles. The Morgan fingerprint density at radius 3 is 2.77 bits per heavy atom. The van der Waals surface area contributed by atoms with Crippen molar-refractivity contribution in [2.45, 2.75) is 31.5 Å². The van der Waals surface area contributed by atoms with Crippen LogP contribution in [0.5, 0.6) is 0 Å². The zero-order chi connectivity index (χ0) is 21.5. The lowest BCUT2D eigenvalue weighted by atomic mass is 10.2. The summed E-state index contributed by atoms with van der Waals surface area (Å²) in [7, 11) is 0. The lowest BCUT2D eigenvalue weighted by molar-refractivity contribution is -0.116. The highest BCUT2D eigenvalue weighted by molar-refractivity contribution is 7.99. The number of aryl methyl sites for hydroxylation is 2. The first-order chi connectivity index (χ1) is 15.0. The Morgan fingerprint density at radius 2 is 2.00 bits per heavy atom. The topological polar surface area (TPSA) is 94.7 Å². The highest BCUT2D eigenvalue weighted by Crippen LogP contribution is 2.33. The minimum absolute atomic E-state index is 0.171. The Balaban J connectivity index is 1.44. The average Bonchev–Trinajstić information content (AvgIpc) is 3.34. The van der Waals surface area contributed by atoms with Crippen LogP contribution in [0, 0.1) is 13.8 Å². The fourth-order valence-electron chi connectivity index (χ4n) is 3.67. The summed E-state index contributed by atoms with van der Waals surface area (Å²) >= 11 is 1.48. The van der Waals surface area contributed by atoms with Crippen LogP contribution >= 0.6 is 11.8 Å². The smallest absolute Gasteiger partial charge is 0.265 e. The molecule has 0 fully saturated rings. The molecule has 0 saturated heterocycles. The number of fused-ring (bicyclic) bond motifs is 2. The van der Waals surface area contributed by atoms with Crippen LogP contribution in [0.2, 0.25) is 0 Å². The van der Waals surface area contributed by atoms with E-state index >= 15 is 0 Å². The number of hydrogen-bond acceptors (Lipinski definition) is 6. The SMILES string of the molecule is Cc1ccc(-n2ncc3c(=O)n4c(nc32)SCC4CC(=O)Nc2cc(C)ccn2)cc1. The Hall–Kier alpha value is -3.46. The molecule has 0 spiro atoms. The van der Waals surface area contributed by atoms with Gasteiger partial charge in [0.2, 0.25) is 5.91 Å². The van der Waals surface area contributed by atoms with Gasteiger partial charge in [0.15, 0.2) is 10.8 Å². The van der Waals surface area contributed by atoms with Gasteiger partial charge in [0, 0.05) is 18.4 Å². The molecule has 0 radical (unpaired) electrons. The summed E-state index contributed by atoms with van der Waals surface area (Å²) in [5.41, 5.74) is 3.37. The summed E-state index contributed by atoms with van der Waals surface area (Å²) in [6.45, 7) is 3.96. The van der Waals surface area contributed by atoms with Gasteiger partial charge >= 0.3 is 0 Å². The van der Waals surface area contributed by atoms with Crippen molar-refractivity contribution < 1.29 is 4.79 Å². The molecule has 0 aliphatic carbocycles. The molecule has 156 valence electrons. The summed E-state index contributed by atoms with van der Waals surface area (Å²) in [5.74, 6) is 0.941. The van der Waals surface area contributed by atoms with Crippen molar-refractivity contribution in [3.63, 3.8) is 0 Å². The molecule has 4 aromatic rings. The molecule has 31 heavy (non-hydrogen) atoms. The Bertz CT molecular complexity index is 1360. The van der Waals surface area contributed by atoms with Crippen molar-refractivity contribution in [3.05, 3.63) is 70.3 Å². The van der Waals surface area contributed by atoms with E-state index in [4.69, 9.17) is 4.98 Å². The van der Waals surface area contributed by atoms with E-state index in [2.05, 4.69) is 15.4 Å². The van der Waals surface area contributed by atoms with E-state index < -0.39 is 0 Å². The Morgan fingerprint density at radius 1 is 1.19 bits per heavy atom. The molecule has 1 amide bonds. The van der Waals surface area contributed by atoms with Crippen molar-refractivity contribution in [2.75, 3.05) is 11.1 Å². The number of aromatic nitrogens is 5. The second-order valence-electron chi connectivity index (χ2n) is 7.63. The Kier molecular flexibility index (Phi) is 4.82. The number of carbonyl (C=O) groups is 1. The third kappa shape index (κ3) is 3.61. The van der Waals surface area contributed by atoms with Crippen LogP contribution in [-0.2, 0) is 4.79 Å². The largest absolute Gasteiger partial charge is 0.311 e. The molecule has 1 N–H and O–H groups in total. The summed E-state index contributed by atoms with van der Waals surface area (Å²) < 4.78 is 3.30. The van der Waals surface area contributed by atoms with Crippen molar-refractivity contribution in [2.24, 2.45) is 0 Å². The number of benzene rings is 1. The van der Waals surface area contributed by atoms with Crippen LogP contribution in [0.3, 0.4) is 0 Å². The first-order valence-corrected chi connectivity index (χ1v) is 10.9. The molecular weight excluding hydrogens is 412 g/mol. The van der Waals surface area contributed by atoms with E-state index in [0.717, 1.165) is 16.8 Å². The van der Waals surface area contributed by atoms with Crippen molar-refractivity contribution in [1.82, 2.24) is 24.3 Å². The van der Waals surface area contributed by atoms with Gasteiger partial charge in [-0.25, -0.2) is 14.6 Å². The van der Waals surface area contributed by atoms with Crippen LogP contribution in [0.1, 0.15) is 23.6 Å². The summed E-state index contributed by atoms with van der Waals surface area (Å²) in [6, 6.07) is 11.3. The zero-order valence-corrected chi connectivity index (χ0v) is 17.9. The minimum atomic E-state index is -0.267. The van der Waals surface area contributed by atoms with Crippen LogP contribution in [-0.4, -0.2) is 36.0 Å². The van der Waals surface area contributed by atoms with Gasteiger partial charge in [0.1, 0.15) is 11.2 Å². The van der Waals surface area contributed by atoms with Gasteiger partial charge in [-0.2, -0.15) is 5.10 Å². The van der Waals surface area contributed by atoms with Crippen LogP contribution in [0.15, 0.2) is 58.7 Å². The first kappa shape index (κ1) is 19.5. The maximum Gasteiger partial charge on any atom is 0.265 e. The van der Waals surface area contributed by atoms with Crippen LogP contribution in [0.25, 0.3) is 16.7 Å². The second-order valence-corrected chi connectivity index (χ2v) is 8.62. The minimum Gasteiger partial charge on any atom is -0.311 e. The van der Waals surface area contributed by atoms with Gasteiger partial charge in [-0.05, 0) is 43.7 Å². The van der Waals surface area contributed by atoms with E-state index in [0.29, 0.717) is 27.8 Å². The van der Waals surface area contributed by atoms with E-state index in [-0.39, 0.29) is 23.9 Å². The molecule has 1 unspecified atom stereocenters. The highest BCUT2D eigenvalue weighted by atomic mass is 32.2. The fourth-order valence-corrected chi connectivity index (χ4v) is 4.80. The second kappa shape index (κ2) is 7.66. The lowest BCUT2D eigenvalue weighted by Gasteiger charge is -2.13. The molecule has 1 aliphatic heterocycles. The quantitative estimate of drug-likeness (QED) is 0.498. The summed E-state index contributed by atoms with van der Waals surface area (Å²) in [5, 5.41) is 8.26. The summed E-state index contributed by atoms with van der Waals surface area (Å²) in [4.78, 5) is 34.7. The van der Waals surface area contributed by atoms with Gasteiger partial charge in [-0.15, -0.1) is 0 Å². The molecule has 9 heteroatoms. The van der Waals surface area contributed by atoms with Gasteiger partial charge in [-0.3, -0.25) is 14.2 Å². The van der Waals surface area contributed by atoms with Gasteiger partial charge in [-0.1, -0.05) is 29.5 Å². The van der Waals surface area contributed by atoms with Gasteiger partial charge < -0.3 is 5.32 Å². The molecule has 1 aliphatic rings. The molecule has 1 atom stereocenters. The standard InChI is InChI=1S/C22H20N6O2S/c1-13-3-5-15(6-4-13)28-20-17(11-24-28)21(30)27-16(12-31-22(27)26-20)10-19(29)25-18-9-14(2)7-8-23-18/h3-9,11,16H,10,12H2,1-2H3,(H,23,25,29). The molecule has 4 heterocycles. The number of thioether (sulfide) groups is 1. The normalized spacial score (nSPS) is 15.2. The predicted molar refractivity (Wildman–Crippen MR) is 120 cm³/mol. The van der Waals surface area contributed by atoms with Crippen molar-refractivity contribution in [3.8, 4) is 5.69 Å². The number of nitrogens with one attached hydrogen (secondary N) is 1. The third-order valence-corrected chi connectivity index (χ3v) is 6.35. The van der Waals surface area contributed by atoms with Crippen LogP contribution in [0.4, 0.5) is 5.82 Å². The van der Waals surface area contributed by atoms with E-state index in [1.165, 1.54) is 11.8 Å². The average molecular weight is 433 g/mol. The number of hydrogen-bond donors (Lipinski definition) is 1. The number of carbonyl (C=O) groups excluding carboxylic acids is 1. The van der Waals surface area contributed by atoms with Crippen molar-refractivity contribution >= 4 is 34.5 Å². The molecule has 1 aromatic carbocycles. The number of pyridine rings is 1. The number of nitrogens with zero attached hydrogens (tertiary/aromatic N) is 5. The Labute approximate surface area is 182 Å². The lowest BCUT2D eigenvalue weighted by Crippen LogP contribution is -2.28. The van der Waals surface area contributed by atoms with Crippen LogP contribution < -0.4 is 10.9 Å². The predicted octanol–water partition coefficient (Wildman–Crippen LogP) is 3.27. The number of amides is 1. The van der Waals surface area contributed by atoms with Crippen molar-refractivity contribution in [1.29, 1.82) is 0 Å². The molecule has 3 aromatic heterocycles. The highest BCUT2D eigenvalue weighted by Gasteiger charge is 2.29. The zero-order valence-electron chi connectivity index (χ0n) is 17.1. The molecule has 8 nitrogen and oxygen atoms in total. The van der Waals surface area contributed by atoms with E-state index in [1.54, 1.807) is 21.6 Å². The van der Waals surface area contributed by atoms with Gasteiger partial charge in [0.05, 0.1) is 17.9 Å². The fraction of sp³-hybridized carbons (Fsp3) is 0.227. The maximum atomic E-state index is 13.2. The van der Waals surface area contributed by atoms with E-state index in [9.17, 15) is 9.59 Å². The monoisotopic (exact) mass is 432 g/mol. The van der Waals surface area contributed by atoms with E-state index in [1.807, 2.05) is 50.2 Å². The number of anilines is 1. The molecule has 5 rings (SSSR count). The maximum absolute atomic E-state index is 13.2. The first-order valence-electron chi connectivity index (χ1n) is 9.92. The molecular formula is C22H20N6O2S. The third-order valence-electron chi connectivity index (χ3n) is 5.25. The summed E-state index contributed by atoms with van der Waals surface area (Å²) in [6.07, 6.45) is 3.38. The molecule has 0 bridgehead atoms. The number of rotatable bonds is 4. The van der Waals surface area contributed by atoms with Gasteiger partial charge in [0.25, 0.3) is 5.56 Å².